The first kappa shape index (κ1) is 16.4. The van der Waals surface area contributed by atoms with E-state index in [1.165, 1.54) is 16.4 Å². The number of amides is 1. The first-order valence-corrected chi connectivity index (χ1v) is 8.67. The van der Waals surface area contributed by atoms with Crippen LogP contribution in [0.4, 0.5) is 0 Å². The van der Waals surface area contributed by atoms with Crippen molar-refractivity contribution in [2.24, 2.45) is 0 Å². The van der Waals surface area contributed by atoms with E-state index in [-0.39, 0.29) is 17.9 Å². The van der Waals surface area contributed by atoms with Crippen LogP contribution in [0.2, 0.25) is 0 Å². The van der Waals surface area contributed by atoms with E-state index in [2.05, 4.69) is 0 Å². The summed E-state index contributed by atoms with van der Waals surface area (Å²) in [6.45, 7) is 1.36. The summed E-state index contributed by atoms with van der Waals surface area (Å²) in [7, 11) is -3.21. The molecule has 1 aromatic carbocycles. The number of carbonyl (C=O) groups excluding carboxylic acids is 1. The summed E-state index contributed by atoms with van der Waals surface area (Å²) in [6, 6.07) is 6.17. The number of hydrogen-bond donors (Lipinski definition) is 1. The van der Waals surface area contributed by atoms with Gasteiger partial charge in [-0.05, 0) is 17.7 Å². The molecule has 2 rings (SSSR count). The van der Waals surface area contributed by atoms with Crippen LogP contribution >= 0.6 is 0 Å². The zero-order valence-corrected chi connectivity index (χ0v) is 13.0. The molecule has 0 saturated carbocycles. The molecule has 1 saturated heterocycles. The van der Waals surface area contributed by atoms with Gasteiger partial charge in [-0.3, -0.25) is 4.79 Å². The lowest BCUT2D eigenvalue weighted by Crippen LogP contribution is -2.50. The SMILES string of the molecule is CS(=O)(=O)N1CCN(C(=O)Cc2ccc(C(=O)O)cc2)CC1. The van der Waals surface area contributed by atoms with Crippen LogP contribution < -0.4 is 0 Å². The molecule has 1 fully saturated rings. The fraction of sp³-hybridized carbons (Fsp3) is 0.429. The van der Waals surface area contributed by atoms with E-state index in [0.29, 0.717) is 26.2 Å². The van der Waals surface area contributed by atoms with Crippen molar-refractivity contribution < 1.29 is 23.1 Å². The first-order chi connectivity index (χ1) is 10.3. The lowest BCUT2D eigenvalue weighted by Gasteiger charge is -2.33. The smallest absolute Gasteiger partial charge is 0.335 e. The minimum Gasteiger partial charge on any atom is -0.478 e. The number of carbonyl (C=O) groups is 2. The predicted octanol–water partition coefficient (Wildman–Crippen LogP) is 0.0311. The van der Waals surface area contributed by atoms with Gasteiger partial charge in [0.15, 0.2) is 0 Å². The van der Waals surface area contributed by atoms with E-state index in [1.54, 1.807) is 17.0 Å². The third-order valence-corrected chi connectivity index (χ3v) is 4.92. The number of benzene rings is 1. The van der Waals surface area contributed by atoms with Gasteiger partial charge >= 0.3 is 5.97 Å². The van der Waals surface area contributed by atoms with Gasteiger partial charge in [-0.15, -0.1) is 0 Å². The van der Waals surface area contributed by atoms with Crippen LogP contribution in [-0.4, -0.2) is 67.0 Å². The Balaban J connectivity index is 1.92. The molecule has 1 aromatic rings. The van der Waals surface area contributed by atoms with Crippen LogP contribution in [0.25, 0.3) is 0 Å². The standard InChI is InChI=1S/C14H18N2O5S/c1-22(20,21)16-8-6-15(7-9-16)13(17)10-11-2-4-12(5-3-11)14(18)19/h2-5H,6-10H2,1H3,(H,18,19). The average molecular weight is 326 g/mol. The third-order valence-electron chi connectivity index (χ3n) is 3.62. The Bertz CT molecular complexity index is 661. The van der Waals surface area contributed by atoms with E-state index < -0.39 is 16.0 Å². The molecule has 0 radical (unpaired) electrons. The number of carboxylic acid groups (broad SMARTS) is 1. The minimum atomic E-state index is -3.21. The summed E-state index contributed by atoms with van der Waals surface area (Å²) in [4.78, 5) is 24.6. The van der Waals surface area contributed by atoms with E-state index in [9.17, 15) is 18.0 Å². The highest BCUT2D eigenvalue weighted by molar-refractivity contribution is 7.88. The van der Waals surface area contributed by atoms with Crippen LogP contribution in [0.3, 0.4) is 0 Å². The molecule has 1 aliphatic heterocycles. The predicted molar refractivity (Wildman–Crippen MR) is 80.1 cm³/mol. The molecule has 0 aliphatic carbocycles. The van der Waals surface area contributed by atoms with Gasteiger partial charge < -0.3 is 10.0 Å². The van der Waals surface area contributed by atoms with Crippen molar-refractivity contribution in [3.8, 4) is 0 Å². The largest absolute Gasteiger partial charge is 0.478 e. The van der Waals surface area contributed by atoms with Gasteiger partial charge in [0.05, 0.1) is 18.2 Å². The topological polar surface area (TPSA) is 95.0 Å². The maximum atomic E-state index is 12.2. The summed E-state index contributed by atoms with van der Waals surface area (Å²) in [5.41, 5.74) is 0.915. The Morgan fingerprint density at radius 3 is 2.09 bits per heavy atom. The number of nitrogens with zero attached hydrogens (tertiary/aromatic N) is 2. The van der Waals surface area contributed by atoms with E-state index in [1.807, 2.05) is 0 Å². The van der Waals surface area contributed by atoms with E-state index >= 15 is 0 Å². The number of sulfonamides is 1. The van der Waals surface area contributed by atoms with Gasteiger partial charge in [0.1, 0.15) is 0 Å². The highest BCUT2D eigenvalue weighted by atomic mass is 32.2. The first-order valence-electron chi connectivity index (χ1n) is 6.82. The molecule has 0 bridgehead atoms. The van der Waals surface area contributed by atoms with Crippen LogP contribution in [0.1, 0.15) is 15.9 Å². The molecule has 22 heavy (non-hydrogen) atoms. The lowest BCUT2D eigenvalue weighted by molar-refractivity contribution is -0.131. The Morgan fingerprint density at radius 2 is 1.64 bits per heavy atom. The zero-order valence-electron chi connectivity index (χ0n) is 12.2. The summed E-state index contributed by atoms with van der Waals surface area (Å²) in [5, 5.41) is 8.82. The van der Waals surface area contributed by atoms with Gasteiger partial charge in [-0.1, -0.05) is 12.1 Å². The van der Waals surface area contributed by atoms with Gasteiger partial charge in [0, 0.05) is 26.2 Å². The number of piperazine rings is 1. The van der Waals surface area contributed by atoms with Crippen molar-refractivity contribution in [3.63, 3.8) is 0 Å². The number of rotatable bonds is 4. The lowest BCUT2D eigenvalue weighted by atomic mass is 10.1. The zero-order chi connectivity index (χ0) is 16.3. The van der Waals surface area contributed by atoms with Crippen LogP contribution in [0.15, 0.2) is 24.3 Å². The van der Waals surface area contributed by atoms with Gasteiger partial charge in [0.25, 0.3) is 0 Å². The molecular weight excluding hydrogens is 308 g/mol. The molecule has 1 aliphatic rings. The normalized spacial score (nSPS) is 16.5. The quantitative estimate of drug-likeness (QED) is 0.842. The molecule has 1 heterocycles. The molecule has 0 atom stereocenters. The van der Waals surface area contributed by atoms with Crippen molar-refractivity contribution in [2.45, 2.75) is 6.42 Å². The fourth-order valence-electron chi connectivity index (χ4n) is 2.32. The van der Waals surface area contributed by atoms with Crippen molar-refractivity contribution in [1.82, 2.24) is 9.21 Å². The number of hydrogen-bond acceptors (Lipinski definition) is 4. The molecule has 0 unspecified atom stereocenters. The Labute approximate surface area is 129 Å². The molecule has 1 amide bonds. The second kappa shape index (κ2) is 6.45. The third kappa shape index (κ3) is 4.05. The van der Waals surface area contributed by atoms with E-state index in [4.69, 9.17) is 5.11 Å². The molecule has 7 nitrogen and oxygen atoms in total. The highest BCUT2D eigenvalue weighted by Gasteiger charge is 2.25. The van der Waals surface area contributed by atoms with Gasteiger partial charge in [-0.25, -0.2) is 13.2 Å². The molecule has 1 N–H and O–H groups in total. The Morgan fingerprint density at radius 1 is 1.09 bits per heavy atom. The monoisotopic (exact) mass is 326 g/mol. The van der Waals surface area contributed by atoms with Gasteiger partial charge in [0.2, 0.25) is 15.9 Å². The number of aromatic carboxylic acids is 1. The molecule has 0 aromatic heterocycles. The fourth-order valence-corrected chi connectivity index (χ4v) is 3.15. The summed E-state index contributed by atoms with van der Waals surface area (Å²) >= 11 is 0. The number of carboxylic acids is 1. The summed E-state index contributed by atoms with van der Waals surface area (Å²) in [6.07, 6.45) is 1.34. The maximum absolute atomic E-state index is 12.2. The highest BCUT2D eigenvalue weighted by Crippen LogP contribution is 2.10. The van der Waals surface area contributed by atoms with Crippen molar-refractivity contribution >= 4 is 21.9 Å². The molecular formula is C14H18N2O5S. The van der Waals surface area contributed by atoms with Crippen LogP contribution in [0, 0.1) is 0 Å². The van der Waals surface area contributed by atoms with Crippen molar-refractivity contribution in [2.75, 3.05) is 32.4 Å². The molecule has 8 heteroatoms. The summed E-state index contributed by atoms with van der Waals surface area (Å²) in [5.74, 6) is -1.09. The Hall–Kier alpha value is -1.93. The van der Waals surface area contributed by atoms with Crippen molar-refractivity contribution in [1.29, 1.82) is 0 Å². The minimum absolute atomic E-state index is 0.0868. The average Bonchev–Trinajstić information content (AvgIpc) is 2.47. The van der Waals surface area contributed by atoms with E-state index in [0.717, 1.165) is 11.8 Å². The summed E-state index contributed by atoms with van der Waals surface area (Å²) < 4.78 is 24.2. The second-order valence-electron chi connectivity index (χ2n) is 5.22. The maximum Gasteiger partial charge on any atom is 0.335 e. The van der Waals surface area contributed by atoms with Crippen LogP contribution in [0.5, 0.6) is 0 Å². The Kier molecular flexibility index (Phi) is 4.82. The van der Waals surface area contributed by atoms with Crippen molar-refractivity contribution in [3.05, 3.63) is 35.4 Å². The molecule has 0 spiro atoms. The van der Waals surface area contributed by atoms with Gasteiger partial charge in [-0.2, -0.15) is 4.31 Å². The molecule has 120 valence electrons. The van der Waals surface area contributed by atoms with Crippen LogP contribution in [-0.2, 0) is 21.2 Å². The second-order valence-corrected chi connectivity index (χ2v) is 7.20.